The molecule has 2 amide bonds. The first-order chi connectivity index (χ1) is 15.0. The number of furan rings is 2. The van der Waals surface area contributed by atoms with E-state index in [1.807, 2.05) is 4.90 Å². The monoisotopic (exact) mass is 424 g/mol. The Kier molecular flexibility index (Phi) is 6.21. The molecule has 31 heavy (non-hydrogen) atoms. The first-order valence-electron chi connectivity index (χ1n) is 10.5. The predicted molar refractivity (Wildman–Crippen MR) is 113 cm³/mol. The summed E-state index contributed by atoms with van der Waals surface area (Å²) in [5.74, 6) is 1.62. The largest absolute Gasteiger partial charge is 0.461 e. The highest BCUT2D eigenvalue weighted by atomic mass is 19.1. The van der Waals surface area contributed by atoms with Crippen molar-refractivity contribution in [3.8, 4) is 11.3 Å². The van der Waals surface area contributed by atoms with Gasteiger partial charge in [0.2, 0.25) is 5.91 Å². The molecule has 0 atom stereocenters. The maximum Gasteiger partial charge on any atom is 0.287 e. The number of nitrogens with zero attached hydrogens (tertiary/aromatic N) is 1. The van der Waals surface area contributed by atoms with Crippen LogP contribution in [0.4, 0.5) is 4.39 Å². The van der Waals surface area contributed by atoms with E-state index in [-0.39, 0.29) is 23.7 Å². The second kappa shape index (κ2) is 9.20. The molecule has 162 valence electrons. The van der Waals surface area contributed by atoms with Crippen molar-refractivity contribution in [2.75, 3.05) is 13.1 Å². The number of benzene rings is 1. The van der Waals surface area contributed by atoms with E-state index >= 15 is 0 Å². The van der Waals surface area contributed by atoms with Gasteiger partial charge in [-0.3, -0.25) is 9.59 Å². The van der Waals surface area contributed by atoms with Crippen molar-refractivity contribution in [2.24, 2.45) is 0 Å². The Bertz CT molecular complexity index is 1060. The van der Waals surface area contributed by atoms with Crippen molar-refractivity contribution >= 4 is 11.8 Å². The zero-order valence-corrected chi connectivity index (χ0v) is 17.4. The summed E-state index contributed by atoms with van der Waals surface area (Å²) in [6.45, 7) is 2.99. The van der Waals surface area contributed by atoms with Crippen LogP contribution in [0.25, 0.3) is 11.3 Å². The quantitative estimate of drug-likeness (QED) is 0.639. The zero-order valence-electron chi connectivity index (χ0n) is 17.4. The highest BCUT2D eigenvalue weighted by Gasteiger charge is 2.25. The predicted octanol–water partition coefficient (Wildman–Crippen LogP) is 4.34. The molecule has 0 aliphatic carbocycles. The van der Waals surface area contributed by atoms with Gasteiger partial charge in [-0.2, -0.15) is 0 Å². The summed E-state index contributed by atoms with van der Waals surface area (Å²) in [6, 6.07) is 13.4. The number of aryl methyl sites for hydroxylation is 2. The molecule has 0 radical (unpaired) electrons. The summed E-state index contributed by atoms with van der Waals surface area (Å²) in [5.41, 5.74) is 0.411. The third-order valence-electron chi connectivity index (χ3n) is 5.53. The van der Waals surface area contributed by atoms with Gasteiger partial charge >= 0.3 is 0 Å². The molecule has 1 aliphatic rings. The Morgan fingerprint density at radius 1 is 1.06 bits per heavy atom. The van der Waals surface area contributed by atoms with E-state index in [1.165, 1.54) is 6.07 Å². The number of halogens is 1. The number of rotatable bonds is 6. The van der Waals surface area contributed by atoms with E-state index in [0.29, 0.717) is 67.4 Å². The van der Waals surface area contributed by atoms with Crippen molar-refractivity contribution in [3.63, 3.8) is 0 Å². The van der Waals surface area contributed by atoms with E-state index < -0.39 is 0 Å². The number of likely N-dealkylation sites (tertiary alicyclic amines) is 1. The highest BCUT2D eigenvalue weighted by Crippen LogP contribution is 2.25. The number of nitrogens with one attached hydrogen (secondary N) is 1. The summed E-state index contributed by atoms with van der Waals surface area (Å²) < 4.78 is 25.0. The van der Waals surface area contributed by atoms with Gasteiger partial charge < -0.3 is 19.1 Å². The third-order valence-corrected chi connectivity index (χ3v) is 5.53. The fourth-order valence-corrected chi connectivity index (χ4v) is 3.79. The normalized spacial score (nSPS) is 14.6. The van der Waals surface area contributed by atoms with Crippen molar-refractivity contribution in [2.45, 2.75) is 38.6 Å². The molecule has 1 aliphatic heterocycles. The smallest absolute Gasteiger partial charge is 0.287 e. The van der Waals surface area contributed by atoms with Crippen LogP contribution in [0.5, 0.6) is 0 Å². The van der Waals surface area contributed by atoms with Crippen LogP contribution in [0.15, 0.2) is 57.4 Å². The van der Waals surface area contributed by atoms with E-state index in [0.717, 1.165) is 0 Å². The van der Waals surface area contributed by atoms with Gasteiger partial charge in [0.15, 0.2) is 5.76 Å². The Balaban J connectivity index is 1.23. The van der Waals surface area contributed by atoms with E-state index in [9.17, 15) is 14.0 Å². The minimum atomic E-state index is -0.336. The standard InChI is InChI=1S/C24H25FN2O4/c1-16-6-9-22(30-16)24(29)26-17-12-14-27(15-13-17)23(28)11-8-18-7-10-21(31-18)19-4-2-3-5-20(19)25/h2-7,9-10,17H,8,11-15H2,1H3,(H,26,29). The van der Waals surface area contributed by atoms with Gasteiger partial charge in [0.1, 0.15) is 23.1 Å². The topological polar surface area (TPSA) is 75.7 Å². The average molecular weight is 424 g/mol. The first-order valence-corrected chi connectivity index (χ1v) is 10.5. The molecule has 1 saturated heterocycles. The summed E-state index contributed by atoms with van der Waals surface area (Å²) in [6.07, 6.45) is 2.19. The first kappa shape index (κ1) is 20.9. The highest BCUT2D eigenvalue weighted by molar-refractivity contribution is 5.91. The lowest BCUT2D eigenvalue weighted by atomic mass is 10.0. The van der Waals surface area contributed by atoms with Crippen LogP contribution in [0.2, 0.25) is 0 Å². The molecule has 1 N–H and O–H groups in total. The van der Waals surface area contributed by atoms with Crippen LogP contribution in [0.1, 0.15) is 41.3 Å². The summed E-state index contributed by atoms with van der Waals surface area (Å²) in [7, 11) is 0. The van der Waals surface area contributed by atoms with Gasteiger partial charge in [0, 0.05) is 32.0 Å². The molecule has 3 heterocycles. The van der Waals surface area contributed by atoms with Gasteiger partial charge in [0.25, 0.3) is 5.91 Å². The van der Waals surface area contributed by atoms with Crippen molar-refractivity contribution in [3.05, 3.63) is 71.6 Å². The Morgan fingerprint density at radius 2 is 1.84 bits per heavy atom. The molecule has 7 heteroatoms. The minimum absolute atomic E-state index is 0.0235. The lowest BCUT2D eigenvalue weighted by Crippen LogP contribution is -2.46. The van der Waals surface area contributed by atoms with Crippen LogP contribution in [-0.4, -0.2) is 35.8 Å². The molecule has 0 saturated carbocycles. The SMILES string of the molecule is Cc1ccc(C(=O)NC2CCN(C(=O)CCc3ccc(-c4ccccc4F)o3)CC2)o1. The van der Waals surface area contributed by atoms with Gasteiger partial charge in [-0.25, -0.2) is 4.39 Å². The van der Waals surface area contributed by atoms with Crippen molar-refractivity contribution < 1.29 is 22.8 Å². The lowest BCUT2D eigenvalue weighted by molar-refractivity contribution is -0.132. The molecule has 0 bridgehead atoms. The Labute approximate surface area is 180 Å². The Hall–Kier alpha value is -3.35. The summed E-state index contributed by atoms with van der Waals surface area (Å²) in [5, 5.41) is 2.97. The van der Waals surface area contributed by atoms with Crippen molar-refractivity contribution in [1.82, 2.24) is 10.2 Å². The minimum Gasteiger partial charge on any atom is -0.461 e. The lowest BCUT2D eigenvalue weighted by Gasteiger charge is -2.32. The number of carbonyl (C=O) groups is 2. The molecule has 3 aromatic rings. The van der Waals surface area contributed by atoms with Gasteiger partial charge in [-0.1, -0.05) is 12.1 Å². The van der Waals surface area contributed by atoms with Crippen LogP contribution in [0.3, 0.4) is 0 Å². The molecule has 0 spiro atoms. The molecule has 2 aromatic heterocycles. The molecule has 1 fully saturated rings. The second-order valence-electron chi connectivity index (χ2n) is 7.78. The van der Waals surface area contributed by atoms with E-state index in [2.05, 4.69) is 5.32 Å². The number of amides is 2. The zero-order chi connectivity index (χ0) is 21.8. The molecule has 4 rings (SSSR count). The molecule has 1 aromatic carbocycles. The van der Waals surface area contributed by atoms with Crippen LogP contribution in [0, 0.1) is 12.7 Å². The number of carbonyl (C=O) groups excluding carboxylic acids is 2. The van der Waals surface area contributed by atoms with Crippen LogP contribution >= 0.6 is 0 Å². The fraction of sp³-hybridized carbons (Fsp3) is 0.333. The third kappa shape index (κ3) is 5.05. The Morgan fingerprint density at radius 3 is 2.55 bits per heavy atom. The maximum absolute atomic E-state index is 13.9. The number of piperidine rings is 1. The number of hydrogen-bond acceptors (Lipinski definition) is 4. The van der Waals surface area contributed by atoms with Crippen LogP contribution < -0.4 is 5.32 Å². The molecule has 0 unspecified atom stereocenters. The summed E-state index contributed by atoms with van der Waals surface area (Å²) in [4.78, 5) is 26.6. The van der Waals surface area contributed by atoms with Gasteiger partial charge in [0.05, 0.1) is 5.56 Å². The second-order valence-corrected chi connectivity index (χ2v) is 7.78. The summed E-state index contributed by atoms with van der Waals surface area (Å²) >= 11 is 0. The van der Waals surface area contributed by atoms with Gasteiger partial charge in [-0.15, -0.1) is 0 Å². The fourth-order valence-electron chi connectivity index (χ4n) is 3.79. The molecule has 6 nitrogen and oxygen atoms in total. The van der Waals surface area contributed by atoms with Gasteiger partial charge in [-0.05, 0) is 56.2 Å². The molecular weight excluding hydrogens is 399 g/mol. The van der Waals surface area contributed by atoms with Crippen molar-refractivity contribution in [1.29, 1.82) is 0 Å². The van der Waals surface area contributed by atoms with E-state index in [1.54, 1.807) is 49.4 Å². The van der Waals surface area contributed by atoms with Crippen LogP contribution in [-0.2, 0) is 11.2 Å². The molecular formula is C24H25FN2O4. The van der Waals surface area contributed by atoms with E-state index in [4.69, 9.17) is 8.83 Å². The number of hydrogen-bond donors (Lipinski definition) is 1. The maximum atomic E-state index is 13.9. The average Bonchev–Trinajstić information content (AvgIpc) is 3.42.